The fourth-order valence-electron chi connectivity index (χ4n) is 1.81. The average Bonchev–Trinajstić information content (AvgIpc) is 2.56. The highest BCUT2D eigenvalue weighted by Crippen LogP contribution is 2.17. The number of benzene rings is 1. The highest BCUT2D eigenvalue weighted by Gasteiger charge is 2.06. The second-order valence-electron chi connectivity index (χ2n) is 3.60. The normalized spacial score (nSPS) is 10.5. The molecule has 0 saturated carbocycles. The Bertz CT molecular complexity index is 532. The molecule has 1 aromatic heterocycles. The van der Waals surface area contributed by atoms with Crippen LogP contribution >= 0.6 is 0 Å². The molecule has 3 heteroatoms. The number of nitrogens with zero attached hydrogens (tertiary/aromatic N) is 3. The second kappa shape index (κ2) is 3.74. The standard InChI is InChI=1S/C12H13N3/c1-3-12-14-10-8-9(6-7-13)4-5-11(10)15(12)2/h4-5,8H,3,6H2,1-2H3. The first kappa shape index (κ1) is 9.72. The summed E-state index contributed by atoms with van der Waals surface area (Å²) in [7, 11) is 2.03. The Morgan fingerprint density at radius 3 is 2.93 bits per heavy atom. The Labute approximate surface area is 89.0 Å². The van der Waals surface area contributed by atoms with Gasteiger partial charge in [-0.05, 0) is 17.7 Å². The van der Waals surface area contributed by atoms with Crippen LogP contribution in [0.4, 0.5) is 0 Å². The summed E-state index contributed by atoms with van der Waals surface area (Å²) in [5, 5.41) is 8.62. The van der Waals surface area contributed by atoms with Gasteiger partial charge in [0.2, 0.25) is 0 Å². The van der Waals surface area contributed by atoms with E-state index in [1.165, 1.54) is 0 Å². The van der Waals surface area contributed by atoms with Crippen molar-refractivity contribution in [3.05, 3.63) is 29.6 Å². The van der Waals surface area contributed by atoms with E-state index in [9.17, 15) is 0 Å². The Hall–Kier alpha value is -1.82. The SMILES string of the molecule is CCc1nc2cc(CC#N)ccc2n1C. The minimum absolute atomic E-state index is 0.452. The monoisotopic (exact) mass is 199 g/mol. The number of nitriles is 1. The van der Waals surface area contributed by atoms with Gasteiger partial charge in [0.1, 0.15) is 5.82 Å². The van der Waals surface area contributed by atoms with Crippen molar-refractivity contribution < 1.29 is 0 Å². The topological polar surface area (TPSA) is 41.6 Å². The summed E-state index contributed by atoms with van der Waals surface area (Å²) in [6.45, 7) is 2.09. The molecule has 0 bridgehead atoms. The summed E-state index contributed by atoms with van der Waals surface area (Å²) in [5.41, 5.74) is 3.15. The molecule has 0 aliphatic rings. The third-order valence-corrected chi connectivity index (χ3v) is 2.64. The minimum Gasteiger partial charge on any atom is -0.331 e. The molecule has 0 amide bonds. The summed E-state index contributed by atoms with van der Waals surface area (Å²) in [6.07, 6.45) is 1.38. The van der Waals surface area contributed by atoms with Gasteiger partial charge < -0.3 is 4.57 Å². The van der Waals surface area contributed by atoms with Crippen LogP contribution in [0.3, 0.4) is 0 Å². The molecule has 0 atom stereocenters. The molecular formula is C12H13N3. The Morgan fingerprint density at radius 1 is 1.47 bits per heavy atom. The molecule has 3 nitrogen and oxygen atoms in total. The van der Waals surface area contributed by atoms with Crippen molar-refractivity contribution in [1.29, 1.82) is 5.26 Å². The lowest BCUT2D eigenvalue weighted by molar-refractivity contribution is 0.829. The first-order valence-corrected chi connectivity index (χ1v) is 5.07. The van der Waals surface area contributed by atoms with Crippen molar-refractivity contribution in [2.75, 3.05) is 0 Å². The maximum atomic E-state index is 8.62. The van der Waals surface area contributed by atoms with E-state index in [0.29, 0.717) is 6.42 Å². The number of fused-ring (bicyclic) bond motifs is 1. The van der Waals surface area contributed by atoms with Crippen molar-refractivity contribution in [3.8, 4) is 6.07 Å². The lowest BCUT2D eigenvalue weighted by Gasteiger charge is -1.98. The van der Waals surface area contributed by atoms with Crippen molar-refractivity contribution >= 4 is 11.0 Å². The predicted octanol–water partition coefficient (Wildman–Crippen LogP) is 2.20. The molecular weight excluding hydrogens is 186 g/mol. The van der Waals surface area contributed by atoms with Crippen LogP contribution in [0.15, 0.2) is 18.2 Å². The van der Waals surface area contributed by atoms with Crippen LogP contribution in [-0.2, 0) is 19.9 Å². The lowest BCUT2D eigenvalue weighted by Crippen LogP contribution is -1.94. The van der Waals surface area contributed by atoms with E-state index in [0.717, 1.165) is 28.8 Å². The number of aromatic nitrogens is 2. The van der Waals surface area contributed by atoms with Crippen LogP contribution in [0.2, 0.25) is 0 Å². The van der Waals surface area contributed by atoms with Crippen molar-refractivity contribution in [2.45, 2.75) is 19.8 Å². The minimum atomic E-state index is 0.452. The molecule has 1 aromatic carbocycles. The Balaban J connectivity index is 2.59. The summed E-state index contributed by atoms with van der Waals surface area (Å²) >= 11 is 0. The zero-order chi connectivity index (χ0) is 10.8. The van der Waals surface area contributed by atoms with Crippen LogP contribution in [0.1, 0.15) is 18.3 Å². The number of rotatable bonds is 2. The predicted molar refractivity (Wildman–Crippen MR) is 59.4 cm³/mol. The molecule has 1 heterocycles. The van der Waals surface area contributed by atoms with E-state index in [2.05, 4.69) is 22.5 Å². The quantitative estimate of drug-likeness (QED) is 0.744. The molecule has 0 fully saturated rings. The molecule has 0 N–H and O–H groups in total. The van der Waals surface area contributed by atoms with Crippen LogP contribution in [0.5, 0.6) is 0 Å². The van der Waals surface area contributed by atoms with E-state index < -0.39 is 0 Å². The van der Waals surface area contributed by atoms with Gasteiger partial charge in [0.25, 0.3) is 0 Å². The van der Waals surface area contributed by atoms with E-state index in [4.69, 9.17) is 5.26 Å². The average molecular weight is 199 g/mol. The highest BCUT2D eigenvalue weighted by molar-refractivity contribution is 5.76. The molecule has 0 saturated heterocycles. The third-order valence-electron chi connectivity index (χ3n) is 2.64. The summed E-state index contributed by atoms with van der Waals surface area (Å²) in [6, 6.07) is 8.18. The molecule has 0 aliphatic heterocycles. The molecule has 0 unspecified atom stereocenters. The van der Waals surface area contributed by atoms with Gasteiger partial charge in [-0.1, -0.05) is 13.0 Å². The van der Waals surface area contributed by atoms with Gasteiger partial charge in [0.05, 0.1) is 23.5 Å². The second-order valence-corrected chi connectivity index (χ2v) is 3.60. The molecule has 0 spiro atoms. The van der Waals surface area contributed by atoms with E-state index in [1.807, 2.05) is 25.2 Å². The van der Waals surface area contributed by atoms with E-state index >= 15 is 0 Å². The molecule has 76 valence electrons. The van der Waals surface area contributed by atoms with Crippen LogP contribution in [0.25, 0.3) is 11.0 Å². The zero-order valence-corrected chi connectivity index (χ0v) is 8.99. The lowest BCUT2D eigenvalue weighted by atomic mass is 10.1. The van der Waals surface area contributed by atoms with Gasteiger partial charge >= 0.3 is 0 Å². The van der Waals surface area contributed by atoms with Crippen molar-refractivity contribution in [1.82, 2.24) is 9.55 Å². The first-order chi connectivity index (χ1) is 7.26. The van der Waals surface area contributed by atoms with Gasteiger partial charge in [-0.15, -0.1) is 0 Å². The van der Waals surface area contributed by atoms with Crippen molar-refractivity contribution in [3.63, 3.8) is 0 Å². The molecule has 2 aromatic rings. The molecule has 0 aliphatic carbocycles. The fourth-order valence-corrected chi connectivity index (χ4v) is 1.81. The molecule has 0 radical (unpaired) electrons. The fraction of sp³-hybridized carbons (Fsp3) is 0.333. The number of hydrogen-bond donors (Lipinski definition) is 0. The van der Waals surface area contributed by atoms with Gasteiger partial charge in [-0.2, -0.15) is 5.26 Å². The van der Waals surface area contributed by atoms with Gasteiger partial charge in [-0.3, -0.25) is 0 Å². The van der Waals surface area contributed by atoms with E-state index in [-0.39, 0.29) is 0 Å². The molecule has 2 rings (SSSR count). The van der Waals surface area contributed by atoms with Gasteiger partial charge in [-0.25, -0.2) is 4.98 Å². The van der Waals surface area contributed by atoms with Gasteiger partial charge in [0.15, 0.2) is 0 Å². The van der Waals surface area contributed by atoms with Crippen LogP contribution in [0, 0.1) is 11.3 Å². The molecule has 15 heavy (non-hydrogen) atoms. The Morgan fingerprint density at radius 2 is 2.27 bits per heavy atom. The van der Waals surface area contributed by atoms with Gasteiger partial charge in [0, 0.05) is 13.5 Å². The number of aryl methyl sites for hydroxylation is 2. The van der Waals surface area contributed by atoms with Crippen LogP contribution in [-0.4, -0.2) is 9.55 Å². The maximum Gasteiger partial charge on any atom is 0.109 e. The smallest absolute Gasteiger partial charge is 0.109 e. The maximum absolute atomic E-state index is 8.62. The Kier molecular flexibility index (Phi) is 2.42. The summed E-state index contributed by atoms with van der Waals surface area (Å²) in [4.78, 5) is 4.53. The van der Waals surface area contributed by atoms with Crippen LogP contribution < -0.4 is 0 Å². The highest BCUT2D eigenvalue weighted by atomic mass is 15.1. The summed E-state index contributed by atoms with van der Waals surface area (Å²) < 4.78 is 2.10. The number of hydrogen-bond acceptors (Lipinski definition) is 2. The summed E-state index contributed by atoms with van der Waals surface area (Å²) in [5.74, 6) is 1.08. The first-order valence-electron chi connectivity index (χ1n) is 5.07. The largest absolute Gasteiger partial charge is 0.331 e. The third kappa shape index (κ3) is 1.59. The zero-order valence-electron chi connectivity index (χ0n) is 8.99. The van der Waals surface area contributed by atoms with Crippen molar-refractivity contribution in [2.24, 2.45) is 7.05 Å². The van der Waals surface area contributed by atoms with E-state index in [1.54, 1.807) is 0 Å². The number of imidazole rings is 1.